The van der Waals surface area contributed by atoms with Crippen molar-refractivity contribution >= 4 is 28.5 Å². The van der Waals surface area contributed by atoms with Gasteiger partial charge in [-0.3, -0.25) is 0 Å². The van der Waals surface area contributed by atoms with Crippen molar-refractivity contribution in [1.82, 2.24) is 9.97 Å². The van der Waals surface area contributed by atoms with Crippen LogP contribution in [0, 0.1) is 6.92 Å². The molecule has 1 aromatic carbocycles. The number of halogens is 1. The van der Waals surface area contributed by atoms with Crippen molar-refractivity contribution < 1.29 is 0 Å². The molecule has 0 spiro atoms. The van der Waals surface area contributed by atoms with Crippen LogP contribution in [0.4, 0.5) is 5.82 Å². The minimum atomic E-state index is 0.281. The maximum absolute atomic E-state index is 5.83. The van der Waals surface area contributed by atoms with Crippen molar-refractivity contribution in [2.24, 2.45) is 5.84 Å². The first kappa shape index (κ1) is 9.18. The van der Waals surface area contributed by atoms with E-state index in [-0.39, 0.29) is 5.15 Å². The Bertz CT molecular complexity index is 483. The quantitative estimate of drug-likeness (QED) is 0.555. The molecule has 0 amide bonds. The zero-order valence-corrected chi connectivity index (χ0v) is 8.34. The number of aromatic nitrogens is 2. The lowest BCUT2D eigenvalue weighted by atomic mass is 10.2. The van der Waals surface area contributed by atoms with E-state index in [0.29, 0.717) is 5.82 Å². The zero-order valence-electron chi connectivity index (χ0n) is 7.58. The van der Waals surface area contributed by atoms with Gasteiger partial charge in [0.25, 0.3) is 0 Å². The molecule has 0 saturated carbocycles. The fourth-order valence-electron chi connectivity index (χ4n) is 1.23. The number of benzene rings is 1. The molecule has 0 fully saturated rings. The highest BCUT2D eigenvalue weighted by Crippen LogP contribution is 2.20. The molecule has 2 aromatic rings. The molecule has 0 unspecified atom stereocenters. The molecule has 0 aliphatic heterocycles. The van der Waals surface area contributed by atoms with Crippen molar-refractivity contribution in [3.8, 4) is 0 Å². The fourth-order valence-corrected chi connectivity index (χ4v) is 1.42. The fraction of sp³-hybridized carbons (Fsp3) is 0.111. The Morgan fingerprint density at radius 3 is 2.79 bits per heavy atom. The third kappa shape index (κ3) is 1.49. The number of hydrogen-bond donors (Lipinski definition) is 2. The molecule has 0 atom stereocenters. The predicted molar refractivity (Wildman–Crippen MR) is 57.1 cm³/mol. The second-order valence-corrected chi connectivity index (χ2v) is 3.36. The van der Waals surface area contributed by atoms with Crippen LogP contribution in [0.3, 0.4) is 0 Å². The van der Waals surface area contributed by atoms with Gasteiger partial charge in [0, 0.05) is 0 Å². The average Bonchev–Trinajstić information content (AvgIpc) is 2.17. The maximum Gasteiger partial charge on any atom is 0.178 e. The number of anilines is 1. The Balaban J connectivity index is 2.73. The number of nitrogens with one attached hydrogen (secondary N) is 1. The number of aryl methyl sites for hydroxylation is 1. The summed E-state index contributed by atoms with van der Waals surface area (Å²) in [4.78, 5) is 8.37. The molecule has 5 heteroatoms. The van der Waals surface area contributed by atoms with E-state index >= 15 is 0 Å². The van der Waals surface area contributed by atoms with Gasteiger partial charge in [0.05, 0.1) is 11.0 Å². The molecular weight excluding hydrogens is 200 g/mol. The number of rotatable bonds is 1. The molecule has 0 aliphatic rings. The third-order valence-electron chi connectivity index (χ3n) is 1.91. The molecule has 0 saturated heterocycles. The van der Waals surface area contributed by atoms with E-state index in [1.54, 1.807) is 0 Å². The summed E-state index contributed by atoms with van der Waals surface area (Å²) in [5, 5.41) is 0.281. The third-order valence-corrected chi connectivity index (χ3v) is 2.18. The van der Waals surface area contributed by atoms with E-state index in [0.717, 1.165) is 16.6 Å². The number of nitrogens with zero attached hydrogens (tertiary/aromatic N) is 2. The van der Waals surface area contributed by atoms with E-state index < -0.39 is 0 Å². The average molecular weight is 209 g/mol. The Morgan fingerprint density at radius 1 is 1.29 bits per heavy atom. The molecule has 2 rings (SSSR count). The first-order chi connectivity index (χ1) is 6.70. The smallest absolute Gasteiger partial charge is 0.178 e. The van der Waals surface area contributed by atoms with Gasteiger partial charge in [-0.1, -0.05) is 17.7 Å². The summed E-state index contributed by atoms with van der Waals surface area (Å²) in [7, 11) is 0. The topological polar surface area (TPSA) is 63.8 Å². The van der Waals surface area contributed by atoms with Crippen molar-refractivity contribution in [3.05, 3.63) is 28.9 Å². The summed E-state index contributed by atoms with van der Waals surface area (Å²) in [6, 6.07) is 5.77. The monoisotopic (exact) mass is 208 g/mol. The number of hydrogen-bond acceptors (Lipinski definition) is 4. The lowest BCUT2D eigenvalue weighted by Crippen LogP contribution is -2.09. The first-order valence-corrected chi connectivity index (χ1v) is 4.49. The van der Waals surface area contributed by atoms with Crippen LogP contribution in [0.2, 0.25) is 5.15 Å². The standard InChI is InChI=1S/C9H9ClN4/c1-5-2-3-6-7(4-5)13-9(14-11)8(10)12-6/h2-4H,11H2,1H3,(H,13,14). The van der Waals surface area contributed by atoms with Gasteiger partial charge in [0.1, 0.15) is 0 Å². The van der Waals surface area contributed by atoms with Gasteiger partial charge in [-0.25, -0.2) is 15.8 Å². The van der Waals surface area contributed by atoms with Gasteiger partial charge in [-0.05, 0) is 24.6 Å². The number of nitrogens with two attached hydrogens (primary N) is 1. The first-order valence-electron chi connectivity index (χ1n) is 4.11. The molecule has 1 aromatic heterocycles. The second-order valence-electron chi connectivity index (χ2n) is 3.00. The van der Waals surface area contributed by atoms with Crippen LogP contribution in [-0.2, 0) is 0 Å². The zero-order chi connectivity index (χ0) is 10.1. The van der Waals surface area contributed by atoms with Crippen LogP contribution < -0.4 is 11.3 Å². The van der Waals surface area contributed by atoms with E-state index in [2.05, 4.69) is 15.4 Å². The molecule has 14 heavy (non-hydrogen) atoms. The van der Waals surface area contributed by atoms with Crippen molar-refractivity contribution in [2.75, 3.05) is 5.43 Å². The van der Waals surface area contributed by atoms with Crippen LogP contribution in [0.15, 0.2) is 18.2 Å². The van der Waals surface area contributed by atoms with E-state index in [4.69, 9.17) is 17.4 Å². The molecule has 0 aliphatic carbocycles. The molecule has 72 valence electrons. The normalized spacial score (nSPS) is 10.5. The van der Waals surface area contributed by atoms with Crippen molar-refractivity contribution in [2.45, 2.75) is 6.92 Å². The Hall–Kier alpha value is -1.39. The molecule has 4 nitrogen and oxygen atoms in total. The van der Waals surface area contributed by atoms with Crippen LogP contribution in [0.25, 0.3) is 11.0 Å². The summed E-state index contributed by atoms with van der Waals surface area (Å²) in [6.45, 7) is 1.99. The van der Waals surface area contributed by atoms with Gasteiger partial charge in [-0.15, -0.1) is 0 Å². The predicted octanol–water partition coefficient (Wildman–Crippen LogP) is 1.88. The Kier molecular flexibility index (Phi) is 2.23. The Labute approximate surface area is 86.1 Å². The summed E-state index contributed by atoms with van der Waals surface area (Å²) < 4.78 is 0. The number of hydrazine groups is 1. The summed E-state index contributed by atoms with van der Waals surface area (Å²) in [5.41, 5.74) is 5.07. The number of nitrogen functional groups attached to an aromatic ring is 1. The molecule has 0 bridgehead atoms. The van der Waals surface area contributed by atoms with Gasteiger partial charge in [0.15, 0.2) is 11.0 Å². The van der Waals surface area contributed by atoms with Crippen LogP contribution in [0.1, 0.15) is 5.56 Å². The van der Waals surface area contributed by atoms with E-state index in [9.17, 15) is 0 Å². The lowest BCUT2D eigenvalue weighted by Gasteiger charge is -2.03. The van der Waals surface area contributed by atoms with Gasteiger partial charge in [-0.2, -0.15) is 0 Å². The minimum Gasteiger partial charge on any atom is -0.306 e. The van der Waals surface area contributed by atoms with Crippen molar-refractivity contribution in [1.29, 1.82) is 0 Å². The molecular formula is C9H9ClN4. The second kappa shape index (κ2) is 3.40. The Morgan fingerprint density at radius 2 is 2.07 bits per heavy atom. The van der Waals surface area contributed by atoms with Gasteiger partial charge < -0.3 is 5.43 Å². The largest absolute Gasteiger partial charge is 0.306 e. The lowest BCUT2D eigenvalue weighted by molar-refractivity contribution is 1.21. The van der Waals surface area contributed by atoms with Crippen molar-refractivity contribution in [3.63, 3.8) is 0 Å². The molecule has 0 radical (unpaired) electrons. The minimum absolute atomic E-state index is 0.281. The summed E-state index contributed by atoms with van der Waals surface area (Å²) in [5.74, 6) is 5.64. The summed E-state index contributed by atoms with van der Waals surface area (Å²) in [6.07, 6.45) is 0. The molecule has 3 N–H and O–H groups in total. The SMILES string of the molecule is Cc1ccc2nc(Cl)c(NN)nc2c1. The highest BCUT2D eigenvalue weighted by Gasteiger charge is 2.04. The van der Waals surface area contributed by atoms with Crippen LogP contribution in [-0.4, -0.2) is 9.97 Å². The molecule has 1 heterocycles. The summed E-state index contributed by atoms with van der Waals surface area (Å²) >= 11 is 5.83. The van der Waals surface area contributed by atoms with Crippen LogP contribution >= 0.6 is 11.6 Å². The van der Waals surface area contributed by atoms with E-state index in [1.165, 1.54) is 0 Å². The van der Waals surface area contributed by atoms with Crippen LogP contribution in [0.5, 0.6) is 0 Å². The number of fused-ring (bicyclic) bond motifs is 1. The van der Waals surface area contributed by atoms with E-state index in [1.807, 2.05) is 25.1 Å². The van der Waals surface area contributed by atoms with Gasteiger partial charge in [0.2, 0.25) is 0 Å². The maximum atomic E-state index is 5.83. The highest BCUT2D eigenvalue weighted by molar-refractivity contribution is 6.32. The van der Waals surface area contributed by atoms with Gasteiger partial charge >= 0.3 is 0 Å². The highest BCUT2D eigenvalue weighted by atomic mass is 35.5.